The Morgan fingerprint density at radius 1 is 1.38 bits per heavy atom. The van der Waals surface area contributed by atoms with E-state index in [0.717, 1.165) is 5.56 Å². The number of nitrogens with zero attached hydrogens (tertiary/aromatic N) is 1. The van der Waals surface area contributed by atoms with Gasteiger partial charge in [-0.3, -0.25) is 0 Å². The van der Waals surface area contributed by atoms with Gasteiger partial charge in [0.15, 0.2) is 0 Å². The Bertz CT molecular complexity index is 340. The second-order valence-electron chi connectivity index (χ2n) is 2.82. The molecule has 68 valence electrons. The Morgan fingerprint density at radius 2 is 2.08 bits per heavy atom. The van der Waals surface area contributed by atoms with Crippen LogP contribution in [-0.2, 0) is 0 Å². The number of para-hydroxylation sites is 1. The molecule has 1 aromatic carbocycles. The van der Waals surface area contributed by atoms with Gasteiger partial charge in [-0.2, -0.15) is 5.26 Å². The van der Waals surface area contributed by atoms with E-state index in [0.29, 0.717) is 11.4 Å². The van der Waals surface area contributed by atoms with Gasteiger partial charge in [0.05, 0.1) is 23.9 Å². The third-order valence-electron chi connectivity index (χ3n) is 1.88. The minimum absolute atomic E-state index is 0.244. The monoisotopic (exact) mass is 176 g/mol. The van der Waals surface area contributed by atoms with Crippen molar-refractivity contribution in [1.29, 1.82) is 5.26 Å². The van der Waals surface area contributed by atoms with Crippen molar-refractivity contribution in [2.75, 3.05) is 11.5 Å². The Kier molecular flexibility index (Phi) is 2.72. The van der Waals surface area contributed by atoms with Crippen LogP contribution in [0.1, 0.15) is 18.0 Å². The molecule has 6 N–H and O–H groups in total. The molecule has 4 heteroatoms. The molecule has 0 spiro atoms. The van der Waals surface area contributed by atoms with Crippen molar-refractivity contribution in [2.24, 2.45) is 5.73 Å². The maximum Gasteiger partial charge on any atom is 0.0641 e. The SMILES string of the molecule is N#CCC(N)c1cccc(N)c1N. The smallest absolute Gasteiger partial charge is 0.0641 e. The van der Waals surface area contributed by atoms with E-state index >= 15 is 0 Å². The summed E-state index contributed by atoms with van der Waals surface area (Å²) in [6, 6.07) is 6.91. The molecule has 0 heterocycles. The van der Waals surface area contributed by atoms with E-state index in [1.165, 1.54) is 0 Å². The van der Waals surface area contributed by atoms with Crippen LogP contribution in [0.15, 0.2) is 18.2 Å². The minimum atomic E-state index is -0.353. The normalized spacial score (nSPS) is 12.0. The van der Waals surface area contributed by atoms with Gasteiger partial charge in [0.1, 0.15) is 0 Å². The Morgan fingerprint density at radius 3 is 2.69 bits per heavy atom. The zero-order chi connectivity index (χ0) is 9.84. The minimum Gasteiger partial charge on any atom is -0.397 e. The van der Waals surface area contributed by atoms with Crippen molar-refractivity contribution in [3.05, 3.63) is 23.8 Å². The van der Waals surface area contributed by atoms with Crippen LogP contribution in [-0.4, -0.2) is 0 Å². The van der Waals surface area contributed by atoms with Gasteiger partial charge in [-0.25, -0.2) is 0 Å². The molecule has 0 aliphatic carbocycles. The van der Waals surface area contributed by atoms with Gasteiger partial charge in [-0.15, -0.1) is 0 Å². The molecule has 0 bridgehead atoms. The summed E-state index contributed by atoms with van der Waals surface area (Å²) in [5.41, 5.74) is 18.7. The third-order valence-corrected chi connectivity index (χ3v) is 1.88. The van der Waals surface area contributed by atoms with Crippen LogP contribution < -0.4 is 17.2 Å². The molecule has 1 rings (SSSR count). The van der Waals surface area contributed by atoms with Crippen LogP contribution in [0, 0.1) is 11.3 Å². The van der Waals surface area contributed by atoms with E-state index in [1.807, 2.05) is 6.07 Å². The summed E-state index contributed by atoms with van der Waals surface area (Å²) >= 11 is 0. The number of nitrogens with two attached hydrogens (primary N) is 3. The quantitative estimate of drug-likeness (QED) is 0.579. The number of nitriles is 1. The number of hydrogen-bond acceptors (Lipinski definition) is 4. The number of anilines is 2. The van der Waals surface area contributed by atoms with Crippen LogP contribution in [0.4, 0.5) is 11.4 Å². The van der Waals surface area contributed by atoms with Gasteiger partial charge in [0, 0.05) is 6.04 Å². The molecule has 0 saturated carbocycles. The number of benzene rings is 1. The molecule has 0 aliphatic rings. The standard InChI is InChI=1S/C9H12N4/c10-5-4-7(11)6-2-1-3-8(12)9(6)13/h1-3,7H,4,11-13H2. The first-order valence-electron chi connectivity index (χ1n) is 3.93. The van der Waals surface area contributed by atoms with Gasteiger partial charge >= 0.3 is 0 Å². The lowest BCUT2D eigenvalue weighted by molar-refractivity contribution is 0.751. The zero-order valence-corrected chi connectivity index (χ0v) is 7.20. The Balaban J connectivity index is 3.02. The molecule has 0 aliphatic heterocycles. The largest absolute Gasteiger partial charge is 0.397 e. The molecular weight excluding hydrogens is 164 g/mol. The molecule has 0 saturated heterocycles. The van der Waals surface area contributed by atoms with Crippen molar-refractivity contribution in [3.8, 4) is 6.07 Å². The summed E-state index contributed by atoms with van der Waals surface area (Å²) < 4.78 is 0. The van der Waals surface area contributed by atoms with Gasteiger partial charge in [-0.05, 0) is 11.6 Å². The van der Waals surface area contributed by atoms with Gasteiger partial charge in [0.25, 0.3) is 0 Å². The molecule has 1 atom stereocenters. The van der Waals surface area contributed by atoms with Crippen molar-refractivity contribution in [1.82, 2.24) is 0 Å². The van der Waals surface area contributed by atoms with Crippen LogP contribution in [0.3, 0.4) is 0 Å². The van der Waals surface area contributed by atoms with Crippen molar-refractivity contribution < 1.29 is 0 Å². The molecular formula is C9H12N4. The first-order chi connectivity index (χ1) is 6.16. The van der Waals surface area contributed by atoms with E-state index < -0.39 is 0 Å². The molecule has 4 nitrogen and oxygen atoms in total. The average molecular weight is 176 g/mol. The summed E-state index contributed by atoms with van der Waals surface area (Å²) in [5.74, 6) is 0. The molecule has 0 radical (unpaired) electrons. The van der Waals surface area contributed by atoms with Crippen molar-refractivity contribution >= 4 is 11.4 Å². The van der Waals surface area contributed by atoms with Crippen LogP contribution in [0.25, 0.3) is 0 Å². The van der Waals surface area contributed by atoms with Crippen molar-refractivity contribution in [3.63, 3.8) is 0 Å². The van der Waals surface area contributed by atoms with Gasteiger partial charge in [0.2, 0.25) is 0 Å². The zero-order valence-electron chi connectivity index (χ0n) is 7.20. The highest BCUT2D eigenvalue weighted by Gasteiger charge is 2.09. The van der Waals surface area contributed by atoms with Gasteiger partial charge in [-0.1, -0.05) is 12.1 Å². The average Bonchev–Trinajstić information content (AvgIpc) is 2.10. The van der Waals surface area contributed by atoms with Crippen LogP contribution >= 0.6 is 0 Å². The highest BCUT2D eigenvalue weighted by Crippen LogP contribution is 2.25. The second-order valence-corrected chi connectivity index (χ2v) is 2.82. The number of hydrogen-bond donors (Lipinski definition) is 3. The lowest BCUT2D eigenvalue weighted by atomic mass is 10.0. The molecule has 1 unspecified atom stereocenters. The summed E-state index contributed by atoms with van der Waals surface area (Å²) in [4.78, 5) is 0. The lowest BCUT2D eigenvalue weighted by Crippen LogP contribution is -2.12. The highest BCUT2D eigenvalue weighted by atomic mass is 14.7. The number of nitrogen functional groups attached to an aromatic ring is 2. The predicted molar refractivity (Wildman–Crippen MR) is 52.4 cm³/mol. The van der Waals surface area contributed by atoms with Crippen LogP contribution in [0.2, 0.25) is 0 Å². The van der Waals surface area contributed by atoms with E-state index in [2.05, 4.69) is 0 Å². The fraction of sp³-hybridized carbons (Fsp3) is 0.222. The van der Waals surface area contributed by atoms with E-state index in [-0.39, 0.29) is 12.5 Å². The van der Waals surface area contributed by atoms with E-state index in [4.69, 9.17) is 22.5 Å². The second kappa shape index (κ2) is 3.78. The Labute approximate surface area is 76.9 Å². The summed E-state index contributed by atoms with van der Waals surface area (Å²) in [7, 11) is 0. The summed E-state index contributed by atoms with van der Waals surface area (Å²) in [5, 5.41) is 8.46. The maximum absolute atomic E-state index is 8.46. The van der Waals surface area contributed by atoms with Crippen molar-refractivity contribution in [2.45, 2.75) is 12.5 Å². The third kappa shape index (κ3) is 1.89. The Hall–Kier alpha value is -1.73. The van der Waals surface area contributed by atoms with Gasteiger partial charge < -0.3 is 17.2 Å². The van der Waals surface area contributed by atoms with E-state index in [1.54, 1.807) is 18.2 Å². The predicted octanol–water partition coefficient (Wildman–Crippen LogP) is 0.764. The molecule has 13 heavy (non-hydrogen) atoms. The summed E-state index contributed by atoms with van der Waals surface area (Å²) in [6.45, 7) is 0. The first-order valence-corrected chi connectivity index (χ1v) is 3.93. The highest BCUT2D eigenvalue weighted by molar-refractivity contribution is 5.67. The first kappa shape index (κ1) is 9.36. The fourth-order valence-corrected chi connectivity index (χ4v) is 1.13. The maximum atomic E-state index is 8.46. The topological polar surface area (TPSA) is 102 Å². The number of rotatable bonds is 2. The van der Waals surface area contributed by atoms with Crippen LogP contribution in [0.5, 0.6) is 0 Å². The lowest BCUT2D eigenvalue weighted by Gasteiger charge is -2.12. The molecule has 0 fully saturated rings. The fourth-order valence-electron chi connectivity index (χ4n) is 1.13. The molecule has 0 amide bonds. The molecule has 1 aromatic rings. The summed E-state index contributed by atoms with van der Waals surface area (Å²) in [6.07, 6.45) is 0.244. The van der Waals surface area contributed by atoms with E-state index in [9.17, 15) is 0 Å². The molecule has 0 aromatic heterocycles.